The molecular weight excluding hydrogens is 226 g/mol. The molecule has 1 aromatic heterocycles. The minimum atomic E-state index is 0.599. The van der Waals surface area contributed by atoms with Crippen molar-refractivity contribution in [2.45, 2.75) is 25.7 Å². The molecule has 0 spiro atoms. The van der Waals surface area contributed by atoms with Gasteiger partial charge in [-0.2, -0.15) is 4.98 Å². The van der Waals surface area contributed by atoms with Gasteiger partial charge >= 0.3 is 0 Å². The zero-order chi connectivity index (χ0) is 12.5. The Morgan fingerprint density at radius 2 is 2.00 bits per heavy atom. The monoisotopic (exact) mass is 247 g/mol. The summed E-state index contributed by atoms with van der Waals surface area (Å²) in [6.45, 7) is 1.84. The summed E-state index contributed by atoms with van der Waals surface area (Å²) < 4.78 is 5.71. The number of aromatic nitrogens is 1. The summed E-state index contributed by atoms with van der Waals surface area (Å²) in [5.41, 5.74) is 6.54. The van der Waals surface area contributed by atoms with Gasteiger partial charge in [-0.3, -0.25) is 0 Å². The van der Waals surface area contributed by atoms with Crippen LogP contribution < -0.4 is 15.4 Å². The molecule has 18 heavy (non-hydrogen) atoms. The third-order valence-electron chi connectivity index (χ3n) is 3.65. The van der Waals surface area contributed by atoms with Crippen LogP contribution in [0.3, 0.4) is 0 Å². The molecule has 2 aliphatic rings. The highest BCUT2D eigenvalue weighted by Gasteiger charge is 2.24. The number of anilines is 2. The van der Waals surface area contributed by atoms with Crippen molar-refractivity contribution in [2.75, 3.05) is 30.8 Å². The number of ether oxygens (including phenoxy) is 1. The maximum Gasteiger partial charge on any atom is 0.239 e. The summed E-state index contributed by atoms with van der Waals surface area (Å²) in [6, 6.07) is 3.87. The average molecular weight is 247 g/mol. The molecule has 0 amide bonds. The third-order valence-corrected chi connectivity index (χ3v) is 3.65. The lowest BCUT2D eigenvalue weighted by molar-refractivity contribution is 0.290. The first kappa shape index (κ1) is 11.6. The Morgan fingerprint density at radius 1 is 1.28 bits per heavy atom. The maximum absolute atomic E-state index is 5.90. The van der Waals surface area contributed by atoms with Gasteiger partial charge in [0.2, 0.25) is 5.88 Å². The number of nitrogens with two attached hydrogens (primary N) is 1. The Kier molecular flexibility index (Phi) is 3.02. The molecule has 2 aliphatic carbocycles. The Balaban J connectivity index is 1.66. The highest BCUT2D eigenvalue weighted by Crippen LogP contribution is 2.33. The van der Waals surface area contributed by atoms with Crippen LogP contribution in [0.25, 0.3) is 0 Å². The molecule has 0 saturated heterocycles. The zero-order valence-corrected chi connectivity index (χ0v) is 10.9. The van der Waals surface area contributed by atoms with Crippen molar-refractivity contribution in [3.8, 4) is 5.88 Å². The van der Waals surface area contributed by atoms with Crippen molar-refractivity contribution < 1.29 is 4.74 Å². The molecule has 2 fully saturated rings. The third kappa shape index (κ3) is 2.86. The van der Waals surface area contributed by atoms with Gasteiger partial charge in [0.25, 0.3) is 0 Å². The van der Waals surface area contributed by atoms with Crippen molar-refractivity contribution in [3.63, 3.8) is 0 Å². The molecular formula is C14H21N3O. The molecule has 0 radical (unpaired) electrons. The van der Waals surface area contributed by atoms with Gasteiger partial charge < -0.3 is 15.4 Å². The molecule has 98 valence electrons. The predicted octanol–water partition coefficient (Wildman–Crippen LogP) is 2.30. The number of hydrogen-bond acceptors (Lipinski definition) is 4. The lowest BCUT2D eigenvalue weighted by Gasteiger charge is -2.19. The highest BCUT2D eigenvalue weighted by molar-refractivity contribution is 5.54. The van der Waals surface area contributed by atoms with Gasteiger partial charge in [0.05, 0.1) is 12.3 Å². The quantitative estimate of drug-likeness (QED) is 0.838. The number of nitrogens with zero attached hydrogens (tertiary/aromatic N) is 2. The van der Waals surface area contributed by atoms with Gasteiger partial charge in [-0.1, -0.05) is 0 Å². The van der Waals surface area contributed by atoms with Gasteiger partial charge in [0, 0.05) is 13.6 Å². The lowest BCUT2D eigenvalue weighted by atomic mass is 10.3. The van der Waals surface area contributed by atoms with Crippen molar-refractivity contribution in [1.29, 1.82) is 0 Å². The summed E-state index contributed by atoms with van der Waals surface area (Å²) in [5, 5.41) is 0. The Labute approximate surface area is 108 Å². The smallest absolute Gasteiger partial charge is 0.239 e. The SMILES string of the molecule is CN(CC1CC1)c1ccc(N)c(OCC2CC2)n1. The van der Waals surface area contributed by atoms with E-state index >= 15 is 0 Å². The normalized spacial score (nSPS) is 18.7. The molecule has 0 bridgehead atoms. The molecule has 0 unspecified atom stereocenters. The first-order chi connectivity index (χ1) is 8.72. The second-order valence-corrected chi connectivity index (χ2v) is 5.64. The van der Waals surface area contributed by atoms with Gasteiger partial charge in [0.1, 0.15) is 5.82 Å². The van der Waals surface area contributed by atoms with Crippen molar-refractivity contribution >= 4 is 11.5 Å². The summed E-state index contributed by atoms with van der Waals surface area (Å²) in [7, 11) is 2.08. The van der Waals surface area contributed by atoms with Gasteiger partial charge in [-0.05, 0) is 49.7 Å². The summed E-state index contributed by atoms with van der Waals surface area (Å²) in [6.07, 6.45) is 5.26. The Bertz CT molecular complexity index is 427. The second kappa shape index (κ2) is 4.67. The van der Waals surface area contributed by atoms with Gasteiger partial charge in [0.15, 0.2) is 0 Å². The fourth-order valence-corrected chi connectivity index (χ4v) is 2.03. The Morgan fingerprint density at radius 3 is 2.67 bits per heavy atom. The van der Waals surface area contributed by atoms with Crippen LogP contribution in [0.15, 0.2) is 12.1 Å². The van der Waals surface area contributed by atoms with E-state index in [2.05, 4.69) is 16.9 Å². The standard InChI is InChI=1S/C14H21N3O/c1-17(8-10-2-3-10)13-7-6-12(15)14(16-13)18-9-11-4-5-11/h6-7,10-11H,2-5,8-9,15H2,1H3. The molecule has 0 aromatic carbocycles. The molecule has 1 aromatic rings. The fourth-order valence-electron chi connectivity index (χ4n) is 2.03. The van der Waals surface area contributed by atoms with E-state index in [4.69, 9.17) is 10.5 Å². The van der Waals surface area contributed by atoms with Crippen LogP contribution in [0.2, 0.25) is 0 Å². The van der Waals surface area contributed by atoms with E-state index < -0.39 is 0 Å². The van der Waals surface area contributed by atoms with E-state index in [0.717, 1.165) is 30.8 Å². The van der Waals surface area contributed by atoms with Crippen LogP contribution >= 0.6 is 0 Å². The first-order valence-electron chi connectivity index (χ1n) is 6.83. The average Bonchev–Trinajstić information content (AvgIpc) is 3.22. The summed E-state index contributed by atoms with van der Waals surface area (Å²) in [4.78, 5) is 6.73. The largest absolute Gasteiger partial charge is 0.476 e. The van der Waals surface area contributed by atoms with E-state index in [0.29, 0.717) is 11.6 Å². The number of hydrogen-bond donors (Lipinski definition) is 1. The fraction of sp³-hybridized carbons (Fsp3) is 0.643. The lowest BCUT2D eigenvalue weighted by Crippen LogP contribution is -2.21. The van der Waals surface area contributed by atoms with E-state index in [1.807, 2.05) is 12.1 Å². The number of nitrogen functional groups attached to an aromatic ring is 1. The molecule has 0 aliphatic heterocycles. The minimum Gasteiger partial charge on any atom is -0.476 e. The first-order valence-corrected chi connectivity index (χ1v) is 6.83. The van der Waals surface area contributed by atoms with Crippen molar-refractivity contribution in [2.24, 2.45) is 11.8 Å². The van der Waals surface area contributed by atoms with Crippen molar-refractivity contribution in [1.82, 2.24) is 4.98 Å². The molecule has 3 rings (SSSR count). The summed E-state index contributed by atoms with van der Waals surface area (Å²) >= 11 is 0. The molecule has 2 N–H and O–H groups in total. The van der Waals surface area contributed by atoms with E-state index in [1.54, 1.807) is 0 Å². The number of rotatable bonds is 6. The van der Waals surface area contributed by atoms with E-state index in [-0.39, 0.29) is 0 Å². The molecule has 4 nitrogen and oxygen atoms in total. The molecule has 0 atom stereocenters. The van der Waals surface area contributed by atoms with Crippen LogP contribution in [-0.2, 0) is 0 Å². The van der Waals surface area contributed by atoms with Crippen molar-refractivity contribution in [3.05, 3.63) is 12.1 Å². The van der Waals surface area contributed by atoms with Gasteiger partial charge in [-0.15, -0.1) is 0 Å². The number of pyridine rings is 1. The zero-order valence-electron chi connectivity index (χ0n) is 10.9. The minimum absolute atomic E-state index is 0.599. The highest BCUT2D eigenvalue weighted by atomic mass is 16.5. The Hall–Kier alpha value is -1.45. The molecule has 2 saturated carbocycles. The van der Waals surface area contributed by atoms with Crippen LogP contribution in [0.4, 0.5) is 11.5 Å². The van der Waals surface area contributed by atoms with Crippen LogP contribution in [0.1, 0.15) is 25.7 Å². The maximum atomic E-state index is 5.90. The summed E-state index contributed by atoms with van der Waals surface area (Å²) in [5.74, 6) is 3.13. The van der Waals surface area contributed by atoms with E-state index in [9.17, 15) is 0 Å². The predicted molar refractivity (Wildman–Crippen MR) is 72.9 cm³/mol. The molecule has 1 heterocycles. The van der Waals surface area contributed by atoms with Crippen LogP contribution in [0.5, 0.6) is 5.88 Å². The second-order valence-electron chi connectivity index (χ2n) is 5.64. The van der Waals surface area contributed by atoms with Crippen LogP contribution in [-0.4, -0.2) is 25.2 Å². The van der Waals surface area contributed by atoms with E-state index in [1.165, 1.54) is 25.7 Å². The van der Waals surface area contributed by atoms with Gasteiger partial charge in [-0.25, -0.2) is 0 Å². The van der Waals surface area contributed by atoms with Crippen LogP contribution in [0, 0.1) is 11.8 Å². The molecule has 4 heteroatoms. The topological polar surface area (TPSA) is 51.4 Å².